The van der Waals surface area contributed by atoms with E-state index in [4.69, 9.17) is 0 Å². The van der Waals surface area contributed by atoms with Gasteiger partial charge in [0.1, 0.15) is 0 Å². The van der Waals surface area contributed by atoms with Gasteiger partial charge < -0.3 is 15.5 Å². The molecule has 0 spiro atoms. The molecule has 0 unspecified atom stereocenters. The van der Waals surface area contributed by atoms with Crippen molar-refractivity contribution in [1.29, 1.82) is 0 Å². The third kappa shape index (κ3) is 4.61. The van der Waals surface area contributed by atoms with Gasteiger partial charge in [-0.05, 0) is 26.9 Å². The van der Waals surface area contributed by atoms with Crippen molar-refractivity contribution in [1.82, 2.24) is 15.5 Å². The largest absolute Gasteiger partial charge is 0.347 e. The lowest BCUT2D eigenvalue weighted by atomic mass is 10.2. The Morgan fingerprint density at radius 1 is 1.19 bits per heavy atom. The van der Waals surface area contributed by atoms with Gasteiger partial charge in [0, 0.05) is 19.1 Å². The summed E-state index contributed by atoms with van der Waals surface area (Å²) >= 11 is 0. The summed E-state index contributed by atoms with van der Waals surface area (Å²) < 4.78 is 0. The Hall–Kier alpha value is -1.10. The lowest BCUT2D eigenvalue weighted by Crippen LogP contribution is -2.45. The molecule has 0 aromatic heterocycles. The van der Waals surface area contributed by atoms with Crippen LogP contribution in [0.15, 0.2) is 0 Å². The van der Waals surface area contributed by atoms with Crippen molar-refractivity contribution < 1.29 is 9.59 Å². The maximum atomic E-state index is 11.4. The van der Waals surface area contributed by atoms with Gasteiger partial charge >= 0.3 is 11.8 Å². The van der Waals surface area contributed by atoms with Crippen LogP contribution in [-0.4, -0.2) is 49.9 Å². The maximum Gasteiger partial charge on any atom is 0.309 e. The van der Waals surface area contributed by atoms with Crippen LogP contribution in [0.1, 0.15) is 25.7 Å². The van der Waals surface area contributed by atoms with E-state index >= 15 is 0 Å². The van der Waals surface area contributed by atoms with E-state index in [1.54, 1.807) is 0 Å². The Kier molecular flexibility index (Phi) is 5.25. The topological polar surface area (TPSA) is 61.4 Å². The Labute approximate surface area is 96.6 Å². The van der Waals surface area contributed by atoms with Crippen molar-refractivity contribution in [3.63, 3.8) is 0 Å². The van der Waals surface area contributed by atoms with Gasteiger partial charge in [-0.3, -0.25) is 9.59 Å². The second-order valence-corrected chi connectivity index (χ2v) is 4.51. The van der Waals surface area contributed by atoms with Gasteiger partial charge in [0.25, 0.3) is 0 Å². The van der Waals surface area contributed by atoms with Crippen molar-refractivity contribution in [2.24, 2.45) is 0 Å². The Morgan fingerprint density at radius 2 is 1.81 bits per heavy atom. The summed E-state index contributed by atoms with van der Waals surface area (Å²) in [6, 6.07) is 0.201. The van der Waals surface area contributed by atoms with E-state index in [-0.39, 0.29) is 6.04 Å². The van der Waals surface area contributed by atoms with Crippen LogP contribution in [0.25, 0.3) is 0 Å². The molecule has 0 aromatic carbocycles. The van der Waals surface area contributed by atoms with Crippen LogP contribution in [0.4, 0.5) is 0 Å². The van der Waals surface area contributed by atoms with Gasteiger partial charge in [0.15, 0.2) is 0 Å². The van der Waals surface area contributed by atoms with E-state index in [0.29, 0.717) is 6.54 Å². The number of rotatable bonds is 4. The molecule has 1 aliphatic rings. The number of hydrogen-bond acceptors (Lipinski definition) is 3. The highest BCUT2D eigenvalue weighted by Crippen LogP contribution is 2.17. The molecule has 0 aromatic rings. The summed E-state index contributed by atoms with van der Waals surface area (Å²) in [4.78, 5) is 24.8. The molecule has 1 aliphatic carbocycles. The average molecular weight is 227 g/mol. The van der Waals surface area contributed by atoms with Gasteiger partial charge in [-0.15, -0.1) is 0 Å². The van der Waals surface area contributed by atoms with Gasteiger partial charge in [-0.25, -0.2) is 0 Å². The zero-order valence-corrected chi connectivity index (χ0v) is 10.1. The monoisotopic (exact) mass is 227 g/mol. The molecule has 0 aliphatic heterocycles. The minimum Gasteiger partial charge on any atom is -0.347 e. The first kappa shape index (κ1) is 13.0. The summed E-state index contributed by atoms with van der Waals surface area (Å²) in [6.45, 7) is 1.24. The normalized spacial score (nSPS) is 16.4. The molecule has 1 rings (SSSR count). The molecule has 0 heterocycles. The highest BCUT2D eigenvalue weighted by atomic mass is 16.2. The van der Waals surface area contributed by atoms with Crippen molar-refractivity contribution in [3.05, 3.63) is 0 Å². The summed E-state index contributed by atoms with van der Waals surface area (Å²) in [5.74, 6) is -1.01. The van der Waals surface area contributed by atoms with Crippen molar-refractivity contribution in [3.8, 4) is 0 Å². The highest BCUT2D eigenvalue weighted by molar-refractivity contribution is 6.35. The van der Waals surface area contributed by atoms with Crippen LogP contribution in [0.2, 0.25) is 0 Å². The van der Waals surface area contributed by atoms with E-state index < -0.39 is 11.8 Å². The first-order valence-corrected chi connectivity index (χ1v) is 5.83. The molecule has 1 saturated carbocycles. The van der Waals surface area contributed by atoms with Crippen LogP contribution in [0, 0.1) is 0 Å². The Morgan fingerprint density at radius 3 is 2.38 bits per heavy atom. The maximum absolute atomic E-state index is 11.4. The molecule has 92 valence electrons. The number of carbonyl (C=O) groups excluding carboxylic acids is 2. The van der Waals surface area contributed by atoms with Gasteiger partial charge in [-0.2, -0.15) is 0 Å². The fourth-order valence-corrected chi connectivity index (χ4v) is 1.79. The third-order valence-electron chi connectivity index (χ3n) is 2.74. The lowest BCUT2D eigenvalue weighted by molar-refractivity contribution is -0.139. The smallest absolute Gasteiger partial charge is 0.309 e. The zero-order chi connectivity index (χ0) is 12.0. The number of carbonyl (C=O) groups is 2. The molecular formula is C11H21N3O2. The molecule has 16 heavy (non-hydrogen) atoms. The van der Waals surface area contributed by atoms with Gasteiger partial charge in [-0.1, -0.05) is 12.8 Å². The quantitative estimate of drug-likeness (QED) is 0.650. The summed E-state index contributed by atoms with van der Waals surface area (Å²) in [7, 11) is 3.84. The van der Waals surface area contributed by atoms with E-state index in [0.717, 1.165) is 32.2 Å². The van der Waals surface area contributed by atoms with E-state index in [1.807, 2.05) is 19.0 Å². The van der Waals surface area contributed by atoms with Crippen molar-refractivity contribution >= 4 is 11.8 Å². The minimum absolute atomic E-state index is 0.201. The van der Waals surface area contributed by atoms with Crippen LogP contribution in [-0.2, 0) is 9.59 Å². The fraction of sp³-hybridized carbons (Fsp3) is 0.818. The van der Waals surface area contributed by atoms with Crippen LogP contribution in [0.5, 0.6) is 0 Å². The minimum atomic E-state index is -0.520. The lowest BCUT2D eigenvalue weighted by Gasteiger charge is -2.13. The van der Waals surface area contributed by atoms with Crippen molar-refractivity contribution in [2.75, 3.05) is 27.2 Å². The predicted molar refractivity (Wildman–Crippen MR) is 62.0 cm³/mol. The first-order chi connectivity index (χ1) is 7.59. The molecule has 0 bridgehead atoms. The van der Waals surface area contributed by atoms with E-state index in [9.17, 15) is 9.59 Å². The number of nitrogens with zero attached hydrogens (tertiary/aromatic N) is 1. The standard InChI is InChI=1S/C11H21N3O2/c1-14(2)8-7-12-10(15)11(16)13-9-5-3-4-6-9/h9H,3-8H2,1-2H3,(H,12,15)(H,13,16). The SMILES string of the molecule is CN(C)CCNC(=O)C(=O)NC1CCCC1. The summed E-state index contributed by atoms with van der Waals surface area (Å²) in [6.07, 6.45) is 4.29. The van der Waals surface area contributed by atoms with Gasteiger partial charge in [0.2, 0.25) is 0 Å². The summed E-state index contributed by atoms with van der Waals surface area (Å²) in [5, 5.41) is 5.35. The van der Waals surface area contributed by atoms with Crippen LogP contribution >= 0.6 is 0 Å². The number of hydrogen-bond donors (Lipinski definition) is 2. The zero-order valence-electron chi connectivity index (χ0n) is 10.1. The van der Waals surface area contributed by atoms with E-state index in [1.165, 1.54) is 0 Å². The molecular weight excluding hydrogens is 206 g/mol. The van der Waals surface area contributed by atoms with Gasteiger partial charge in [0.05, 0.1) is 0 Å². The molecule has 2 N–H and O–H groups in total. The van der Waals surface area contributed by atoms with Crippen LogP contribution < -0.4 is 10.6 Å². The molecule has 0 saturated heterocycles. The van der Waals surface area contributed by atoms with E-state index in [2.05, 4.69) is 10.6 Å². The molecule has 1 fully saturated rings. The fourth-order valence-electron chi connectivity index (χ4n) is 1.79. The predicted octanol–water partition coefficient (Wildman–Crippen LogP) is -0.277. The second kappa shape index (κ2) is 6.48. The van der Waals surface area contributed by atoms with Crippen LogP contribution in [0.3, 0.4) is 0 Å². The molecule has 5 nitrogen and oxygen atoms in total. The molecule has 0 radical (unpaired) electrons. The second-order valence-electron chi connectivity index (χ2n) is 4.51. The number of likely N-dealkylation sites (N-methyl/N-ethyl adjacent to an activating group) is 1. The third-order valence-corrected chi connectivity index (χ3v) is 2.74. The molecule has 5 heteroatoms. The summed E-state index contributed by atoms with van der Waals surface area (Å²) in [5.41, 5.74) is 0. The highest BCUT2D eigenvalue weighted by Gasteiger charge is 2.20. The Balaban J connectivity index is 2.17. The van der Waals surface area contributed by atoms with Crippen molar-refractivity contribution in [2.45, 2.75) is 31.7 Å². The Bertz CT molecular complexity index is 248. The first-order valence-electron chi connectivity index (χ1n) is 5.83. The number of amides is 2. The molecule has 2 amide bonds. The average Bonchev–Trinajstić information content (AvgIpc) is 2.69. The molecule has 0 atom stereocenters. The number of nitrogens with one attached hydrogen (secondary N) is 2.